The van der Waals surface area contributed by atoms with Gasteiger partial charge in [0.05, 0.1) is 0 Å². The fourth-order valence-corrected chi connectivity index (χ4v) is 3.73. The molecule has 9 heavy (non-hydrogen) atoms. The summed E-state index contributed by atoms with van der Waals surface area (Å²) in [7, 11) is 0. The summed E-state index contributed by atoms with van der Waals surface area (Å²) in [4.78, 5) is 0. The summed E-state index contributed by atoms with van der Waals surface area (Å²) >= 11 is 9.52. The molecule has 0 aromatic heterocycles. The highest BCUT2D eigenvalue weighted by atomic mass is 32.9. The van der Waals surface area contributed by atoms with Gasteiger partial charge >= 0.3 is 0 Å². The first-order valence-electron chi connectivity index (χ1n) is 3.53. The fourth-order valence-electron chi connectivity index (χ4n) is 1.35. The van der Waals surface area contributed by atoms with Crippen molar-refractivity contribution >= 4 is 30.0 Å². The Morgan fingerprint density at radius 3 is 2.11 bits per heavy atom. The van der Waals surface area contributed by atoms with Crippen LogP contribution in [0.25, 0.3) is 0 Å². The lowest BCUT2D eigenvalue weighted by Crippen LogP contribution is -2.05. The summed E-state index contributed by atoms with van der Waals surface area (Å²) in [5.41, 5.74) is 0.835. The molecular formula is C6H13PS2. The molecule has 0 aromatic rings. The van der Waals surface area contributed by atoms with Crippen molar-refractivity contribution in [1.29, 1.82) is 0 Å². The Kier molecular flexibility index (Phi) is 3.60. The molecule has 0 N–H and O–H groups in total. The van der Waals surface area contributed by atoms with E-state index in [1.54, 1.807) is 0 Å². The first-order chi connectivity index (χ1) is 4.30. The lowest BCUT2D eigenvalue weighted by atomic mass is 10.0. The fraction of sp³-hybridized carbons (Fsp3) is 1.00. The molecule has 1 unspecified atom stereocenters. The Hall–Kier alpha value is 1.00. The predicted octanol–water partition coefficient (Wildman–Crippen LogP) is 2.84. The number of hydrogen-bond donors (Lipinski definition) is 1. The number of thiol groups is 1. The van der Waals surface area contributed by atoms with Gasteiger partial charge in [-0.2, -0.15) is 0 Å². The molecule has 0 aliphatic heterocycles. The second kappa shape index (κ2) is 4.00. The van der Waals surface area contributed by atoms with E-state index in [0.717, 1.165) is 5.66 Å². The van der Waals surface area contributed by atoms with Crippen molar-refractivity contribution in [3.05, 3.63) is 0 Å². The van der Waals surface area contributed by atoms with Crippen molar-refractivity contribution in [3.63, 3.8) is 0 Å². The standard InChI is InChI=1S/C6H13PS2/c8-7(9)6-4-2-1-3-5-6/h6-7H,1-5H2,(H,8,9). The van der Waals surface area contributed by atoms with Crippen molar-refractivity contribution < 1.29 is 0 Å². The van der Waals surface area contributed by atoms with Gasteiger partial charge in [-0.1, -0.05) is 31.1 Å². The molecule has 54 valence electrons. The van der Waals surface area contributed by atoms with Crippen molar-refractivity contribution in [1.82, 2.24) is 0 Å². The molecule has 1 fully saturated rings. The topological polar surface area (TPSA) is 0 Å². The summed E-state index contributed by atoms with van der Waals surface area (Å²) in [5, 5.41) is 0. The molecule has 0 radical (unpaired) electrons. The first kappa shape index (κ1) is 8.10. The molecule has 0 amide bonds. The maximum Gasteiger partial charge on any atom is -0.00567 e. The summed E-state index contributed by atoms with van der Waals surface area (Å²) in [6.07, 6.45) is 6.95. The summed E-state index contributed by atoms with van der Waals surface area (Å²) in [6.45, 7) is 0. The summed E-state index contributed by atoms with van der Waals surface area (Å²) in [6, 6.07) is 0. The molecule has 1 rings (SSSR count). The Morgan fingerprint density at radius 1 is 1.22 bits per heavy atom. The minimum Gasteiger partial charge on any atom is -0.144 e. The van der Waals surface area contributed by atoms with Gasteiger partial charge in [0.2, 0.25) is 0 Å². The van der Waals surface area contributed by atoms with E-state index < -0.39 is 5.90 Å². The van der Waals surface area contributed by atoms with E-state index in [2.05, 4.69) is 12.2 Å². The third-order valence-corrected chi connectivity index (χ3v) is 5.33. The summed E-state index contributed by atoms with van der Waals surface area (Å²) in [5.74, 6) is -0.657. The normalized spacial score (nSPS) is 25.9. The van der Waals surface area contributed by atoms with Crippen molar-refractivity contribution in [2.75, 3.05) is 0 Å². The third-order valence-electron chi connectivity index (χ3n) is 1.95. The van der Waals surface area contributed by atoms with Crippen LogP contribution in [0.2, 0.25) is 0 Å². The van der Waals surface area contributed by atoms with Crippen LogP contribution in [0.5, 0.6) is 0 Å². The molecule has 3 heteroatoms. The van der Waals surface area contributed by atoms with Gasteiger partial charge in [-0.3, -0.25) is 0 Å². The highest BCUT2D eigenvalue weighted by Crippen LogP contribution is 2.41. The van der Waals surface area contributed by atoms with Crippen LogP contribution in [0, 0.1) is 0 Å². The monoisotopic (exact) mass is 180 g/mol. The lowest BCUT2D eigenvalue weighted by molar-refractivity contribution is 0.515. The van der Waals surface area contributed by atoms with E-state index >= 15 is 0 Å². The highest BCUT2D eigenvalue weighted by Gasteiger charge is 2.13. The Bertz CT molecular complexity index is 108. The molecule has 0 nitrogen and oxygen atoms in total. The van der Waals surface area contributed by atoms with Crippen LogP contribution in [-0.4, -0.2) is 5.66 Å². The van der Waals surface area contributed by atoms with E-state index in [1.807, 2.05) is 0 Å². The zero-order valence-electron chi connectivity index (χ0n) is 5.47. The van der Waals surface area contributed by atoms with Crippen LogP contribution in [0.4, 0.5) is 0 Å². The van der Waals surface area contributed by atoms with E-state index in [9.17, 15) is 0 Å². The lowest BCUT2D eigenvalue weighted by Gasteiger charge is -2.20. The van der Waals surface area contributed by atoms with E-state index in [-0.39, 0.29) is 0 Å². The molecule has 0 heterocycles. The second-order valence-corrected chi connectivity index (χ2v) is 7.84. The van der Waals surface area contributed by atoms with Gasteiger partial charge in [0, 0.05) is 0 Å². The SMILES string of the molecule is S=[PH](S)C1CCCCC1. The zero-order valence-corrected chi connectivity index (χ0v) is 8.18. The molecule has 1 aliphatic rings. The van der Waals surface area contributed by atoms with Crippen LogP contribution >= 0.6 is 18.1 Å². The molecule has 0 aromatic carbocycles. The van der Waals surface area contributed by atoms with Gasteiger partial charge in [0.1, 0.15) is 0 Å². The maximum atomic E-state index is 5.16. The Balaban J connectivity index is 2.31. The average Bonchev–Trinajstić information content (AvgIpc) is 1.90. The zero-order chi connectivity index (χ0) is 6.69. The summed E-state index contributed by atoms with van der Waals surface area (Å²) < 4.78 is 0. The van der Waals surface area contributed by atoms with Crippen LogP contribution in [-0.2, 0) is 11.8 Å². The third kappa shape index (κ3) is 2.61. The van der Waals surface area contributed by atoms with Crippen LogP contribution in [0.1, 0.15) is 32.1 Å². The van der Waals surface area contributed by atoms with Gasteiger partial charge < -0.3 is 0 Å². The highest BCUT2D eigenvalue weighted by molar-refractivity contribution is 8.56. The first-order valence-corrected chi connectivity index (χ1v) is 7.53. The van der Waals surface area contributed by atoms with Gasteiger partial charge in [0.25, 0.3) is 0 Å². The minimum absolute atomic E-state index is 0.657. The van der Waals surface area contributed by atoms with Gasteiger partial charge in [-0.05, 0) is 24.4 Å². The van der Waals surface area contributed by atoms with Crippen molar-refractivity contribution in [2.45, 2.75) is 37.8 Å². The molecule has 1 aliphatic carbocycles. The number of hydrogen-bond acceptors (Lipinski definition) is 1. The van der Waals surface area contributed by atoms with Crippen LogP contribution < -0.4 is 0 Å². The van der Waals surface area contributed by atoms with E-state index in [1.165, 1.54) is 32.1 Å². The molecule has 1 saturated carbocycles. The Morgan fingerprint density at radius 2 is 1.78 bits per heavy atom. The second-order valence-electron chi connectivity index (χ2n) is 2.67. The van der Waals surface area contributed by atoms with Gasteiger partial charge in [0.15, 0.2) is 0 Å². The van der Waals surface area contributed by atoms with Gasteiger partial charge in [-0.15, -0.1) is 12.2 Å². The quantitative estimate of drug-likeness (QED) is 0.478. The van der Waals surface area contributed by atoms with Crippen LogP contribution in [0.3, 0.4) is 0 Å². The van der Waals surface area contributed by atoms with Crippen molar-refractivity contribution in [3.8, 4) is 0 Å². The van der Waals surface area contributed by atoms with E-state index in [0.29, 0.717) is 0 Å². The van der Waals surface area contributed by atoms with E-state index in [4.69, 9.17) is 11.8 Å². The van der Waals surface area contributed by atoms with Crippen LogP contribution in [0.15, 0.2) is 0 Å². The smallest absolute Gasteiger partial charge is 0.00567 e. The molecule has 0 bridgehead atoms. The predicted molar refractivity (Wildman–Crippen MR) is 51.5 cm³/mol. The molecule has 0 saturated heterocycles. The minimum atomic E-state index is -0.657. The molecular weight excluding hydrogens is 167 g/mol. The Labute approximate surface area is 68.0 Å². The average molecular weight is 180 g/mol. The maximum absolute atomic E-state index is 5.16. The van der Waals surface area contributed by atoms with Crippen molar-refractivity contribution in [2.24, 2.45) is 0 Å². The number of rotatable bonds is 1. The molecule has 1 atom stereocenters. The molecule has 0 spiro atoms. The van der Waals surface area contributed by atoms with Gasteiger partial charge in [-0.25, -0.2) is 0 Å². The largest absolute Gasteiger partial charge is 0.144 e.